The SMILES string of the molecule is CCN(CC)S(=O)(=O)NCCCI. The highest BCUT2D eigenvalue weighted by Crippen LogP contribution is 1.96. The molecule has 0 unspecified atom stereocenters. The lowest BCUT2D eigenvalue weighted by atomic mass is 10.5. The first kappa shape index (κ1) is 13.6. The predicted molar refractivity (Wildman–Crippen MR) is 63.3 cm³/mol. The van der Waals surface area contributed by atoms with Crippen LogP contribution in [0, 0.1) is 0 Å². The summed E-state index contributed by atoms with van der Waals surface area (Å²) in [6.45, 7) is 5.25. The molecule has 13 heavy (non-hydrogen) atoms. The summed E-state index contributed by atoms with van der Waals surface area (Å²) in [5, 5.41) is 0. The minimum Gasteiger partial charge on any atom is -0.202 e. The number of hydrogen-bond donors (Lipinski definition) is 1. The van der Waals surface area contributed by atoms with Gasteiger partial charge in [0.15, 0.2) is 0 Å². The van der Waals surface area contributed by atoms with Gasteiger partial charge in [0.05, 0.1) is 0 Å². The van der Waals surface area contributed by atoms with Crippen molar-refractivity contribution in [1.29, 1.82) is 0 Å². The second kappa shape index (κ2) is 6.97. The molecule has 0 atom stereocenters. The van der Waals surface area contributed by atoms with E-state index in [0.29, 0.717) is 19.6 Å². The normalized spacial score (nSPS) is 12.3. The molecule has 80 valence electrons. The Kier molecular flexibility index (Phi) is 7.29. The summed E-state index contributed by atoms with van der Waals surface area (Å²) >= 11 is 2.23. The zero-order valence-electron chi connectivity index (χ0n) is 8.09. The standard InChI is InChI=1S/C7H17IN2O2S/c1-3-10(4-2)13(11,12)9-7-5-6-8/h9H,3-7H2,1-2H3. The summed E-state index contributed by atoms with van der Waals surface area (Å²) in [6.07, 6.45) is 0.876. The summed E-state index contributed by atoms with van der Waals surface area (Å²) in [6, 6.07) is 0. The van der Waals surface area contributed by atoms with Crippen molar-refractivity contribution in [2.75, 3.05) is 24.1 Å². The van der Waals surface area contributed by atoms with E-state index in [2.05, 4.69) is 27.3 Å². The van der Waals surface area contributed by atoms with Crippen molar-refractivity contribution in [3.63, 3.8) is 0 Å². The second-order valence-corrected chi connectivity index (χ2v) is 5.36. The van der Waals surface area contributed by atoms with E-state index in [-0.39, 0.29) is 0 Å². The fourth-order valence-electron chi connectivity index (χ4n) is 0.923. The molecule has 0 aliphatic carbocycles. The van der Waals surface area contributed by atoms with Gasteiger partial charge < -0.3 is 0 Å². The van der Waals surface area contributed by atoms with Crippen LogP contribution in [0.4, 0.5) is 0 Å². The van der Waals surface area contributed by atoms with E-state index in [0.717, 1.165) is 10.8 Å². The maximum atomic E-state index is 11.5. The van der Waals surface area contributed by atoms with E-state index in [9.17, 15) is 8.42 Å². The van der Waals surface area contributed by atoms with Crippen LogP contribution in [0.15, 0.2) is 0 Å². The fraction of sp³-hybridized carbons (Fsp3) is 1.00. The van der Waals surface area contributed by atoms with E-state index in [4.69, 9.17) is 0 Å². The van der Waals surface area contributed by atoms with Gasteiger partial charge >= 0.3 is 0 Å². The fourth-order valence-corrected chi connectivity index (χ4v) is 2.57. The molecule has 6 heteroatoms. The van der Waals surface area contributed by atoms with Gasteiger partial charge in [-0.25, -0.2) is 4.72 Å². The Morgan fingerprint density at radius 2 is 1.85 bits per heavy atom. The molecule has 0 spiro atoms. The molecule has 0 bridgehead atoms. The molecule has 0 aromatic rings. The van der Waals surface area contributed by atoms with Crippen molar-refractivity contribution in [2.24, 2.45) is 0 Å². The van der Waals surface area contributed by atoms with Crippen LogP contribution in [0.3, 0.4) is 0 Å². The van der Waals surface area contributed by atoms with Crippen molar-refractivity contribution < 1.29 is 8.42 Å². The lowest BCUT2D eigenvalue weighted by Gasteiger charge is -2.18. The average molecular weight is 320 g/mol. The van der Waals surface area contributed by atoms with Gasteiger partial charge in [0.1, 0.15) is 0 Å². The van der Waals surface area contributed by atoms with Crippen molar-refractivity contribution in [3.05, 3.63) is 0 Å². The summed E-state index contributed by atoms with van der Waals surface area (Å²) in [5.41, 5.74) is 0. The molecule has 0 heterocycles. The maximum Gasteiger partial charge on any atom is 0.279 e. The average Bonchev–Trinajstić information content (AvgIpc) is 2.06. The number of nitrogens with one attached hydrogen (secondary N) is 1. The first-order valence-electron chi connectivity index (χ1n) is 4.39. The van der Waals surface area contributed by atoms with Crippen LogP contribution >= 0.6 is 22.6 Å². The van der Waals surface area contributed by atoms with Crippen LogP contribution < -0.4 is 4.72 Å². The zero-order valence-corrected chi connectivity index (χ0v) is 11.1. The first-order valence-corrected chi connectivity index (χ1v) is 7.35. The monoisotopic (exact) mass is 320 g/mol. The van der Waals surface area contributed by atoms with E-state index >= 15 is 0 Å². The van der Waals surface area contributed by atoms with Crippen molar-refractivity contribution in [2.45, 2.75) is 20.3 Å². The quantitative estimate of drug-likeness (QED) is 0.432. The predicted octanol–water partition coefficient (Wildman–Crippen LogP) is 0.988. The molecule has 4 nitrogen and oxygen atoms in total. The lowest BCUT2D eigenvalue weighted by Crippen LogP contribution is -2.40. The molecule has 0 saturated heterocycles. The summed E-state index contributed by atoms with van der Waals surface area (Å²) in [4.78, 5) is 0. The van der Waals surface area contributed by atoms with Gasteiger partial charge in [0.2, 0.25) is 0 Å². The van der Waals surface area contributed by atoms with Crippen LogP contribution in [-0.4, -0.2) is 36.8 Å². The van der Waals surface area contributed by atoms with Crippen molar-refractivity contribution in [1.82, 2.24) is 9.03 Å². The first-order chi connectivity index (χ1) is 6.08. The molecule has 0 aromatic heterocycles. The topological polar surface area (TPSA) is 49.4 Å². The van der Waals surface area contributed by atoms with Gasteiger partial charge in [-0.2, -0.15) is 12.7 Å². The highest BCUT2D eigenvalue weighted by atomic mass is 127. The molecule has 0 saturated carbocycles. The van der Waals surface area contributed by atoms with Gasteiger partial charge in [-0.1, -0.05) is 36.4 Å². The molecule has 0 radical (unpaired) electrons. The van der Waals surface area contributed by atoms with Gasteiger partial charge in [-0.15, -0.1) is 0 Å². The van der Waals surface area contributed by atoms with Crippen molar-refractivity contribution in [3.8, 4) is 0 Å². The Balaban J connectivity index is 4.05. The van der Waals surface area contributed by atoms with Crippen molar-refractivity contribution >= 4 is 32.8 Å². The smallest absolute Gasteiger partial charge is 0.202 e. The molecule has 0 aliphatic rings. The van der Waals surface area contributed by atoms with Crippen LogP contribution in [0.25, 0.3) is 0 Å². The molecule has 0 fully saturated rings. The maximum absolute atomic E-state index is 11.5. The number of halogens is 1. The number of nitrogens with zero attached hydrogens (tertiary/aromatic N) is 1. The van der Waals surface area contributed by atoms with Gasteiger partial charge in [0, 0.05) is 24.1 Å². The van der Waals surface area contributed by atoms with Gasteiger partial charge in [-0.3, -0.25) is 0 Å². The van der Waals surface area contributed by atoms with Crippen LogP contribution in [0.2, 0.25) is 0 Å². The van der Waals surface area contributed by atoms with E-state index in [1.807, 2.05) is 13.8 Å². The third kappa shape index (κ3) is 5.14. The highest BCUT2D eigenvalue weighted by molar-refractivity contribution is 14.1. The summed E-state index contributed by atoms with van der Waals surface area (Å²) in [5.74, 6) is 0. The Hall–Kier alpha value is 0.600. The minimum absolute atomic E-state index is 0.524. The Labute approximate surface area is 94.4 Å². The minimum atomic E-state index is -3.21. The molecule has 0 aromatic carbocycles. The molecular weight excluding hydrogens is 303 g/mol. The van der Waals surface area contributed by atoms with Crippen LogP contribution in [0.1, 0.15) is 20.3 Å². The summed E-state index contributed by atoms with van der Waals surface area (Å²) in [7, 11) is -3.21. The number of rotatable bonds is 7. The van der Waals surface area contributed by atoms with E-state index in [1.54, 1.807) is 0 Å². The largest absolute Gasteiger partial charge is 0.279 e. The van der Waals surface area contributed by atoms with Gasteiger partial charge in [0.25, 0.3) is 10.2 Å². The number of hydrogen-bond acceptors (Lipinski definition) is 2. The van der Waals surface area contributed by atoms with E-state index < -0.39 is 10.2 Å². The zero-order chi connectivity index (χ0) is 10.3. The second-order valence-electron chi connectivity index (χ2n) is 2.53. The third-order valence-corrected chi connectivity index (χ3v) is 4.17. The molecular formula is C7H17IN2O2S. The molecule has 1 N–H and O–H groups in total. The lowest BCUT2D eigenvalue weighted by molar-refractivity contribution is 0.435. The van der Waals surface area contributed by atoms with Crippen LogP contribution in [-0.2, 0) is 10.2 Å². The van der Waals surface area contributed by atoms with Gasteiger partial charge in [-0.05, 0) is 6.42 Å². The Morgan fingerprint density at radius 3 is 2.23 bits per heavy atom. The number of alkyl halides is 1. The molecule has 0 rings (SSSR count). The molecule has 0 amide bonds. The van der Waals surface area contributed by atoms with Crippen LogP contribution in [0.5, 0.6) is 0 Å². The Bertz CT molecular complexity index is 215. The molecule has 0 aliphatic heterocycles. The summed E-state index contributed by atoms with van der Waals surface area (Å²) < 4.78 is 27.9. The highest BCUT2D eigenvalue weighted by Gasteiger charge is 2.16. The van der Waals surface area contributed by atoms with E-state index in [1.165, 1.54) is 4.31 Å². The Morgan fingerprint density at radius 1 is 1.31 bits per heavy atom. The third-order valence-electron chi connectivity index (χ3n) is 1.64.